The zero-order valence-electron chi connectivity index (χ0n) is 12.4. The van der Waals surface area contributed by atoms with Crippen LogP contribution in [0.4, 0.5) is 4.79 Å². The molecule has 0 aromatic rings. The molecule has 0 bridgehead atoms. The molecule has 2 amide bonds. The lowest BCUT2D eigenvalue weighted by Gasteiger charge is -2.40. The molecule has 0 saturated heterocycles. The lowest BCUT2D eigenvalue weighted by Crippen LogP contribution is -2.52. The van der Waals surface area contributed by atoms with Gasteiger partial charge in [0.15, 0.2) is 0 Å². The summed E-state index contributed by atoms with van der Waals surface area (Å²) >= 11 is 0. The molecule has 110 valence electrons. The Morgan fingerprint density at radius 2 is 2.11 bits per heavy atom. The maximum absolute atomic E-state index is 11.9. The Balaban J connectivity index is 1.67. The van der Waals surface area contributed by atoms with E-state index in [0.29, 0.717) is 18.6 Å². The first-order valence-corrected chi connectivity index (χ1v) is 7.31. The maximum Gasteiger partial charge on any atom is 0.315 e. The van der Waals surface area contributed by atoms with E-state index in [1.165, 1.54) is 12.8 Å². The fourth-order valence-corrected chi connectivity index (χ4v) is 3.06. The minimum Gasteiger partial charge on any atom is -0.376 e. The fraction of sp³-hybridized carbons (Fsp3) is 0.929. The molecular weight excluding hydrogens is 242 g/mol. The Morgan fingerprint density at radius 1 is 1.37 bits per heavy atom. The third kappa shape index (κ3) is 3.60. The topological polar surface area (TPSA) is 53.6 Å². The highest BCUT2D eigenvalue weighted by Gasteiger charge is 2.37. The number of methoxy groups -OCH3 is 1. The molecule has 0 unspecified atom stereocenters. The fourth-order valence-electron chi connectivity index (χ4n) is 3.06. The summed E-state index contributed by atoms with van der Waals surface area (Å²) in [7, 11) is 5.94. The van der Waals surface area contributed by atoms with Crippen molar-refractivity contribution in [2.75, 3.05) is 27.7 Å². The van der Waals surface area contributed by atoms with Crippen molar-refractivity contribution in [2.24, 2.45) is 0 Å². The second kappa shape index (κ2) is 6.09. The molecule has 0 radical (unpaired) electrons. The zero-order valence-corrected chi connectivity index (χ0v) is 12.4. The SMILES string of the molecule is COC1(CNC(=O)N[C@@H]2CC[C@@H](N(C)C)C2)CCC1. The van der Waals surface area contributed by atoms with Crippen molar-refractivity contribution in [3.05, 3.63) is 0 Å². The van der Waals surface area contributed by atoms with E-state index in [1.54, 1.807) is 7.11 Å². The van der Waals surface area contributed by atoms with Gasteiger partial charge in [-0.1, -0.05) is 0 Å². The molecule has 0 aromatic heterocycles. The van der Waals surface area contributed by atoms with Crippen LogP contribution in [0, 0.1) is 0 Å². The van der Waals surface area contributed by atoms with E-state index in [2.05, 4.69) is 29.6 Å². The van der Waals surface area contributed by atoms with Crippen molar-refractivity contribution in [2.45, 2.75) is 56.2 Å². The molecule has 5 nitrogen and oxygen atoms in total. The quantitative estimate of drug-likeness (QED) is 0.792. The normalized spacial score (nSPS) is 29.1. The molecule has 0 spiro atoms. The summed E-state index contributed by atoms with van der Waals surface area (Å²) in [5.41, 5.74) is -0.0980. The van der Waals surface area contributed by atoms with Gasteiger partial charge in [-0.05, 0) is 52.6 Å². The van der Waals surface area contributed by atoms with Crippen LogP contribution in [0.25, 0.3) is 0 Å². The summed E-state index contributed by atoms with van der Waals surface area (Å²) in [6, 6.07) is 0.863. The van der Waals surface area contributed by atoms with Gasteiger partial charge in [0.2, 0.25) is 0 Å². The number of nitrogens with one attached hydrogen (secondary N) is 2. The lowest BCUT2D eigenvalue weighted by molar-refractivity contribution is -0.0674. The standard InChI is InChI=1S/C14H27N3O2/c1-17(2)12-6-5-11(9-12)16-13(18)15-10-14(19-3)7-4-8-14/h11-12H,4-10H2,1-3H3,(H2,15,16,18)/t11-,12-/m1/s1. The van der Waals surface area contributed by atoms with Gasteiger partial charge >= 0.3 is 6.03 Å². The Bertz CT molecular complexity index is 310. The number of amides is 2. The molecule has 5 heteroatoms. The van der Waals surface area contributed by atoms with Crippen molar-refractivity contribution in [3.8, 4) is 0 Å². The summed E-state index contributed by atoms with van der Waals surface area (Å²) in [5.74, 6) is 0. The Hall–Kier alpha value is -0.810. The minimum atomic E-state index is -0.0980. The van der Waals surface area contributed by atoms with Crippen LogP contribution in [0.15, 0.2) is 0 Å². The summed E-state index contributed by atoms with van der Waals surface area (Å²) < 4.78 is 5.49. The Kier molecular flexibility index (Phi) is 4.68. The highest BCUT2D eigenvalue weighted by molar-refractivity contribution is 5.74. The smallest absolute Gasteiger partial charge is 0.315 e. The number of rotatable bonds is 5. The van der Waals surface area contributed by atoms with Gasteiger partial charge in [-0.25, -0.2) is 4.79 Å². The number of urea groups is 1. The van der Waals surface area contributed by atoms with E-state index in [1.807, 2.05) is 0 Å². The number of carbonyl (C=O) groups is 1. The summed E-state index contributed by atoms with van der Waals surface area (Å²) in [5, 5.41) is 6.03. The molecule has 0 heterocycles. The molecule has 2 saturated carbocycles. The predicted molar refractivity (Wildman–Crippen MR) is 75.2 cm³/mol. The monoisotopic (exact) mass is 269 g/mol. The van der Waals surface area contributed by atoms with Crippen LogP contribution < -0.4 is 10.6 Å². The van der Waals surface area contributed by atoms with Gasteiger partial charge in [-0.3, -0.25) is 0 Å². The highest BCUT2D eigenvalue weighted by Crippen LogP contribution is 2.34. The van der Waals surface area contributed by atoms with Crippen LogP contribution in [0.1, 0.15) is 38.5 Å². The van der Waals surface area contributed by atoms with Crippen molar-refractivity contribution in [3.63, 3.8) is 0 Å². The summed E-state index contributed by atoms with van der Waals surface area (Å²) in [4.78, 5) is 14.1. The molecule has 2 rings (SSSR count). The lowest BCUT2D eigenvalue weighted by atomic mass is 9.80. The molecule has 0 aromatic carbocycles. The van der Waals surface area contributed by atoms with Crippen LogP contribution in [0.5, 0.6) is 0 Å². The van der Waals surface area contributed by atoms with Crippen LogP contribution in [0.2, 0.25) is 0 Å². The molecule has 2 N–H and O–H groups in total. The minimum absolute atomic E-state index is 0.0484. The summed E-state index contributed by atoms with van der Waals surface area (Å²) in [6.45, 7) is 0.624. The van der Waals surface area contributed by atoms with Crippen LogP contribution in [-0.4, -0.2) is 56.4 Å². The largest absolute Gasteiger partial charge is 0.376 e. The van der Waals surface area contributed by atoms with E-state index in [-0.39, 0.29) is 11.6 Å². The third-order valence-corrected chi connectivity index (χ3v) is 4.74. The molecule has 2 fully saturated rings. The molecule has 2 aliphatic rings. The first kappa shape index (κ1) is 14.6. The average molecular weight is 269 g/mol. The number of hydrogen-bond donors (Lipinski definition) is 2. The van der Waals surface area contributed by atoms with Gasteiger partial charge in [-0.2, -0.15) is 0 Å². The van der Waals surface area contributed by atoms with Crippen molar-refractivity contribution >= 4 is 6.03 Å². The Morgan fingerprint density at radius 3 is 2.58 bits per heavy atom. The van der Waals surface area contributed by atoms with Gasteiger partial charge in [0.05, 0.1) is 5.60 Å². The van der Waals surface area contributed by atoms with Gasteiger partial charge in [-0.15, -0.1) is 0 Å². The van der Waals surface area contributed by atoms with E-state index in [4.69, 9.17) is 4.74 Å². The van der Waals surface area contributed by atoms with Crippen LogP contribution in [-0.2, 0) is 4.74 Å². The van der Waals surface area contributed by atoms with E-state index in [0.717, 1.165) is 25.7 Å². The number of hydrogen-bond acceptors (Lipinski definition) is 3. The highest BCUT2D eigenvalue weighted by atomic mass is 16.5. The Labute approximate surface area is 116 Å². The number of ether oxygens (including phenoxy) is 1. The van der Waals surface area contributed by atoms with E-state index < -0.39 is 0 Å². The van der Waals surface area contributed by atoms with Crippen LogP contribution in [0.3, 0.4) is 0 Å². The van der Waals surface area contributed by atoms with E-state index in [9.17, 15) is 4.79 Å². The molecule has 0 aliphatic heterocycles. The van der Waals surface area contributed by atoms with Gasteiger partial charge < -0.3 is 20.3 Å². The third-order valence-electron chi connectivity index (χ3n) is 4.74. The maximum atomic E-state index is 11.9. The second-order valence-electron chi connectivity index (χ2n) is 6.20. The summed E-state index contributed by atoms with van der Waals surface area (Å²) in [6.07, 6.45) is 6.59. The first-order chi connectivity index (χ1) is 9.04. The van der Waals surface area contributed by atoms with Gasteiger partial charge in [0.25, 0.3) is 0 Å². The van der Waals surface area contributed by atoms with E-state index >= 15 is 0 Å². The zero-order chi connectivity index (χ0) is 13.9. The molecular formula is C14H27N3O2. The van der Waals surface area contributed by atoms with Crippen molar-refractivity contribution < 1.29 is 9.53 Å². The average Bonchev–Trinajstić information content (AvgIpc) is 2.77. The van der Waals surface area contributed by atoms with Crippen molar-refractivity contribution in [1.29, 1.82) is 0 Å². The second-order valence-corrected chi connectivity index (χ2v) is 6.20. The molecule has 2 aliphatic carbocycles. The molecule has 19 heavy (non-hydrogen) atoms. The number of carbonyl (C=O) groups excluding carboxylic acids is 1. The first-order valence-electron chi connectivity index (χ1n) is 7.31. The molecule has 2 atom stereocenters. The van der Waals surface area contributed by atoms with Gasteiger partial charge in [0.1, 0.15) is 0 Å². The van der Waals surface area contributed by atoms with Gasteiger partial charge in [0, 0.05) is 25.7 Å². The number of nitrogens with zero attached hydrogens (tertiary/aromatic N) is 1. The van der Waals surface area contributed by atoms with Crippen molar-refractivity contribution in [1.82, 2.24) is 15.5 Å². The predicted octanol–water partition coefficient (Wildman–Crippen LogP) is 1.34. The van der Waals surface area contributed by atoms with Crippen LogP contribution >= 0.6 is 0 Å².